The molecule has 0 aromatic heterocycles. The summed E-state index contributed by atoms with van der Waals surface area (Å²) >= 11 is 0. The molecule has 2 aromatic carbocycles. The molecular formula is C31H39NO6. The second-order valence-electron chi connectivity index (χ2n) is 10.9. The van der Waals surface area contributed by atoms with E-state index < -0.39 is 0 Å². The first-order valence-corrected chi connectivity index (χ1v) is 13.8. The van der Waals surface area contributed by atoms with Crippen LogP contribution in [0.3, 0.4) is 0 Å². The molecule has 3 aliphatic rings. The Bertz CT molecular complexity index is 1180. The fraction of sp³-hybridized carbons (Fsp3) is 0.548. The monoisotopic (exact) mass is 521 g/mol. The summed E-state index contributed by atoms with van der Waals surface area (Å²) in [5.74, 6) is 1.11. The number of ether oxygens (including phenoxy) is 4. The zero-order valence-electron chi connectivity index (χ0n) is 22.9. The second kappa shape index (κ2) is 11.4. The summed E-state index contributed by atoms with van der Waals surface area (Å²) in [4.78, 5) is 26.7. The van der Waals surface area contributed by atoms with Crippen molar-refractivity contribution in [3.63, 3.8) is 0 Å². The summed E-state index contributed by atoms with van der Waals surface area (Å²) in [6, 6.07) is 13.3. The van der Waals surface area contributed by atoms with Crippen LogP contribution >= 0.6 is 0 Å². The van der Waals surface area contributed by atoms with Crippen LogP contribution < -0.4 is 9.47 Å². The van der Waals surface area contributed by atoms with E-state index in [1.165, 1.54) is 25.0 Å². The van der Waals surface area contributed by atoms with Gasteiger partial charge in [-0.15, -0.1) is 0 Å². The first kappa shape index (κ1) is 26.5. The average molecular weight is 522 g/mol. The van der Waals surface area contributed by atoms with Crippen LogP contribution in [0.2, 0.25) is 0 Å². The number of carbonyl (C=O) groups excluding carboxylic acids is 2. The Morgan fingerprint density at radius 2 is 1.37 bits per heavy atom. The lowest BCUT2D eigenvalue weighted by Crippen LogP contribution is -2.55. The lowest BCUT2D eigenvalue weighted by molar-refractivity contribution is -0.154. The maximum absolute atomic E-state index is 12.1. The predicted octanol–water partition coefficient (Wildman–Crippen LogP) is 5.63. The van der Waals surface area contributed by atoms with E-state index >= 15 is 0 Å². The van der Waals surface area contributed by atoms with Crippen molar-refractivity contribution in [2.45, 2.75) is 95.5 Å². The third-order valence-corrected chi connectivity index (χ3v) is 8.42. The van der Waals surface area contributed by atoms with Crippen molar-refractivity contribution < 1.29 is 28.5 Å². The van der Waals surface area contributed by atoms with Crippen molar-refractivity contribution in [2.75, 3.05) is 14.2 Å². The number of hydrogen-bond acceptors (Lipinski definition) is 7. The van der Waals surface area contributed by atoms with Crippen molar-refractivity contribution in [3.05, 3.63) is 47.5 Å². The van der Waals surface area contributed by atoms with Gasteiger partial charge in [-0.05, 0) is 67.5 Å². The first-order chi connectivity index (χ1) is 18.4. The average Bonchev–Trinajstić information content (AvgIpc) is 2.90. The summed E-state index contributed by atoms with van der Waals surface area (Å²) < 4.78 is 23.3. The normalized spacial score (nSPS) is 27.0. The fourth-order valence-electron chi connectivity index (χ4n) is 6.94. The van der Waals surface area contributed by atoms with Gasteiger partial charge in [-0.3, -0.25) is 14.5 Å². The van der Waals surface area contributed by atoms with Crippen molar-refractivity contribution in [3.8, 4) is 22.6 Å². The number of nitrogens with zero attached hydrogens (tertiary/aromatic N) is 1. The number of fused-ring (bicyclic) bond motifs is 6. The van der Waals surface area contributed by atoms with Crippen molar-refractivity contribution in [1.82, 2.24) is 4.90 Å². The van der Waals surface area contributed by atoms with Gasteiger partial charge >= 0.3 is 11.9 Å². The Hall–Kier alpha value is -3.06. The van der Waals surface area contributed by atoms with E-state index in [4.69, 9.17) is 18.9 Å². The van der Waals surface area contributed by atoms with Gasteiger partial charge in [0.25, 0.3) is 0 Å². The molecule has 4 bridgehead atoms. The molecule has 7 heteroatoms. The Morgan fingerprint density at radius 3 is 2.03 bits per heavy atom. The Balaban J connectivity index is 1.66. The molecule has 38 heavy (non-hydrogen) atoms. The summed E-state index contributed by atoms with van der Waals surface area (Å²) in [5.41, 5.74) is 4.30. The molecule has 0 aliphatic carbocycles. The first-order valence-electron chi connectivity index (χ1n) is 13.8. The molecule has 2 aromatic rings. The summed E-state index contributed by atoms with van der Waals surface area (Å²) in [7, 11) is 3.38. The van der Waals surface area contributed by atoms with Gasteiger partial charge in [0, 0.05) is 55.9 Å². The Labute approximate surface area is 225 Å². The topological polar surface area (TPSA) is 74.3 Å². The molecule has 0 radical (unpaired) electrons. The molecule has 0 saturated carbocycles. The number of carbonyl (C=O) groups is 2. The van der Waals surface area contributed by atoms with E-state index in [9.17, 15) is 9.59 Å². The predicted molar refractivity (Wildman–Crippen MR) is 144 cm³/mol. The molecule has 0 spiro atoms. The molecule has 3 aliphatic heterocycles. The van der Waals surface area contributed by atoms with E-state index in [0.29, 0.717) is 6.04 Å². The molecule has 7 nitrogen and oxygen atoms in total. The summed E-state index contributed by atoms with van der Waals surface area (Å²) in [6.45, 7) is 3.00. The maximum atomic E-state index is 12.1. The standard InChI is InChI=1S/C31H39NO6/c1-19(33)37-25-11-8-21-9-12-30(35-3)27(14-21)28-15-22(10-13-31(28)36-4)29-18-26(38-20(2)34)17-24-7-5-6-23(16-25)32(24)29/h9-10,12-15,23-26,29H,5-8,11,16-18H2,1-4H3/t23-,24-,25+,26-,29+/m0/s1. The number of hydrogen-bond donors (Lipinski definition) is 0. The third-order valence-electron chi connectivity index (χ3n) is 8.42. The van der Waals surface area contributed by atoms with Gasteiger partial charge in [-0.2, -0.15) is 0 Å². The maximum Gasteiger partial charge on any atom is 0.302 e. The zero-order chi connectivity index (χ0) is 26.8. The van der Waals surface area contributed by atoms with Crippen LogP contribution in [0.4, 0.5) is 0 Å². The van der Waals surface area contributed by atoms with Gasteiger partial charge in [0.15, 0.2) is 0 Å². The van der Waals surface area contributed by atoms with Gasteiger partial charge in [-0.25, -0.2) is 0 Å². The quantitative estimate of drug-likeness (QED) is 0.483. The minimum Gasteiger partial charge on any atom is -0.496 e. The highest BCUT2D eigenvalue weighted by Gasteiger charge is 2.44. The van der Waals surface area contributed by atoms with Crippen LogP contribution in [0.25, 0.3) is 11.1 Å². The van der Waals surface area contributed by atoms with Gasteiger partial charge in [0.2, 0.25) is 0 Å². The van der Waals surface area contributed by atoms with Gasteiger partial charge in [0.05, 0.1) is 14.2 Å². The molecule has 0 amide bonds. The SMILES string of the molecule is COc1ccc2cc1-c1cc(ccc1OC)[C@H]1C[C@@H](OC(C)=O)C[C@@H]3CCC[C@@H](C[C@H](OC(C)=O)CC2)N31. The van der Waals surface area contributed by atoms with E-state index in [2.05, 4.69) is 29.2 Å². The molecule has 0 N–H and O–H groups in total. The molecule has 0 unspecified atom stereocenters. The van der Waals surface area contributed by atoms with E-state index in [0.717, 1.165) is 74.0 Å². The van der Waals surface area contributed by atoms with Crippen LogP contribution in [0.15, 0.2) is 36.4 Å². The lowest BCUT2D eigenvalue weighted by atomic mass is 9.80. The number of piperidine rings is 2. The van der Waals surface area contributed by atoms with E-state index in [1.807, 2.05) is 12.1 Å². The van der Waals surface area contributed by atoms with Gasteiger partial charge in [-0.1, -0.05) is 18.6 Å². The highest BCUT2D eigenvalue weighted by molar-refractivity contribution is 5.77. The largest absolute Gasteiger partial charge is 0.496 e. The third kappa shape index (κ3) is 5.53. The molecule has 3 heterocycles. The second-order valence-corrected chi connectivity index (χ2v) is 10.9. The lowest BCUT2D eigenvalue weighted by Gasteiger charge is -2.52. The molecular weight excluding hydrogens is 482 g/mol. The summed E-state index contributed by atoms with van der Waals surface area (Å²) in [6.07, 6.45) is 6.89. The molecule has 5 rings (SSSR count). The molecule has 2 fully saturated rings. The van der Waals surface area contributed by atoms with Crippen LogP contribution in [-0.2, 0) is 25.5 Å². The van der Waals surface area contributed by atoms with Crippen molar-refractivity contribution >= 4 is 11.9 Å². The van der Waals surface area contributed by atoms with E-state index in [1.54, 1.807) is 14.2 Å². The van der Waals surface area contributed by atoms with Crippen LogP contribution in [0.1, 0.15) is 76.0 Å². The number of esters is 2. The van der Waals surface area contributed by atoms with Crippen LogP contribution in [0, 0.1) is 0 Å². The molecule has 204 valence electrons. The Kier molecular flexibility index (Phi) is 7.93. The number of aryl methyl sites for hydroxylation is 1. The van der Waals surface area contributed by atoms with Gasteiger partial charge < -0.3 is 18.9 Å². The minimum atomic E-state index is -0.233. The summed E-state index contributed by atoms with van der Waals surface area (Å²) in [5, 5.41) is 0. The van der Waals surface area contributed by atoms with Gasteiger partial charge in [0.1, 0.15) is 23.7 Å². The van der Waals surface area contributed by atoms with Crippen LogP contribution in [-0.4, -0.2) is 55.3 Å². The highest BCUT2D eigenvalue weighted by atomic mass is 16.5. The minimum absolute atomic E-state index is 0.0703. The zero-order valence-corrected chi connectivity index (χ0v) is 22.9. The van der Waals surface area contributed by atoms with E-state index in [-0.39, 0.29) is 36.2 Å². The van der Waals surface area contributed by atoms with Crippen LogP contribution in [0.5, 0.6) is 11.5 Å². The number of benzene rings is 2. The number of methoxy groups -OCH3 is 2. The molecule has 5 atom stereocenters. The highest BCUT2D eigenvalue weighted by Crippen LogP contribution is 2.46. The fourth-order valence-corrected chi connectivity index (χ4v) is 6.94. The molecule has 2 saturated heterocycles. The Morgan fingerprint density at radius 1 is 0.763 bits per heavy atom. The van der Waals surface area contributed by atoms with Crippen molar-refractivity contribution in [2.24, 2.45) is 0 Å². The number of rotatable bonds is 4. The smallest absolute Gasteiger partial charge is 0.302 e. The van der Waals surface area contributed by atoms with Crippen molar-refractivity contribution in [1.29, 1.82) is 0 Å².